The fourth-order valence-corrected chi connectivity index (χ4v) is 3.18. The lowest BCUT2D eigenvalue weighted by Gasteiger charge is -2.22. The van der Waals surface area contributed by atoms with Gasteiger partial charge in [0, 0.05) is 28.9 Å². The molecule has 0 spiro atoms. The van der Waals surface area contributed by atoms with Gasteiger partial charge in [-0.25, -0.2) is 0 Å². The largest absolute Gasteiger partial charge is 0.394 e. The first-order valence-corrected chi connectivity index (χ1v) is 8.23. The number of nitrogens with one attached hydrogen (secondary N) is 1. The third-order valence-corrected chi connectivity index (χ3v) is 4.71. The number of aliphatic hydroxyl groups is 2. The van der Waals surface area contributed by atoms with Crippen molar-refractivity contribution in [3.8, 4) is 0 Å². The molecule has 0 bridgehead atoms. The van der Waals surface area contributed by atoms with E-state index in [1.54, 1.807) is 18.3 Å². The van der Waals surface area contributed by atoms with Crippen molar-refractivity contribution in [3.05, 3.63) is 64.9 Å². The van der Waals surface area contributed by atoms with E-state index in [9.17, 15) is 15.0 Å². The number of hydrogen-bond acceptors (Lipinski definition) is 4. The number of nitrogens with zero attached hydrogens (tertiary/aromatic N) is 1. The third kappa shape index (κ3) is 3.59. The fraction of sp³-hybridized carbons (Fsp3) is 0.333. The predicted octanol–water partition coefficient (Wildman–Crippen LogP) is 2.05. The molecule has 0 unspecified atom stereocenters. The van der Waals surface area contributed by atoms with Crippen LogP contribution in [-0.2, 0) is 4.79 Å². The van der Waals surface area contributed by atoms with Crippen LogP contribution < -0.4 is 5.32 Å². The van der Waals surface area contributed by atoms with Crippen molar-refractivity contribution in [3.63, 3.8) is 0 Å². The Kier molecular flexibility index (Phi) is 5.14. The van der Waals surface area contributed by atoms with E-state index in [0.717, 1.165) is 12.0 Å². The summed E-state index contributed by atoms with van der Waals surface area (Å²) in [6.07, 6.45) is 2.83. The fourth-order valence-electron chi connectivity index (χ4n) is 2.90. The van der Waals surface area contributed by atoms with Crippen molar-refractivity contribution in [1.29, 1.82) is 0 Å². The number of rotatable bonds is 6. The monoisotopic (exact) mass is 346 g/mol. The Balaban J connectivity index is 1.63. The average molecular weight is 347 g/mol. The molecule has 0 saturated heterocycles. The topological polar surface area (TPSA) is 82.5 Å². The number of amides is 1. The van der Waals surface area contributed by atoms with Crippen molar-refractivity contribution in [2.45, 2.75) is 24.5 Å². The Labute approximate surface area is 145 Å². The van der Waals surface area contributed by atoms with Crippen molar-refractivity contribution in [2.24, 2.45) is 5.92 Å². The minimum absolute atomic E-state index is 0.0913. The highest BCUT2D eigenvalue weighted by Gasteiger charge is 2.45. The maximum atomic E-state index is 12.4. The molecule has 1 fully saturated rings. The zero-order chi connectivity index (χ0) is 17.1. The minimum atomic E-state index is -1.01. The second-order valence-electron chi connectivity index (χ2n) is 6.00. The van der Waals surface area contributed by atoms with Crippen molar-refractivity contribution < 1.29 is 15.0 Å². The van der Waals surface area contributed by atoms with Gasteiger partial charge in [-0.2, -0.15) is 0 Å². The molecule has 4 atom stereocenters. The highest BCUT2D eigenvalue weighted by atomic mass is 35.5. The zero-order valence-corrected chi connectivity index (χ0v) is 13.7. The number of aromatic nitrogens is 1. The molecule has 2 aromatic rings. The van der Waals surface area contributed by atoms with Crippen LogP contribution in [-0.4, -0.2) is 33.8 Å². The van der Waals surface area contributed by atoms with Crippen LogP contribution in [0.4, 0.5) is 0 Å². The third-order valence-electron chi connectivity index (χ3n) is 4.36. The molecule has 6 heteroatoms. The summed E-state index contributed by atoms with van der Waals surface area (Å²) in [5.74, 6) is -0.268. The number of aliphatic hydroxyl groups excluding tert-OH is 2. The predicted molar refractivity (Wildman–Crippen MR) is 90.5 cm³/mol. The molecule has 1 heterocycles. The smallest absolute Gasteiger partial charge is 0.224 e. The maximum absolute atomic E-state index is 12.4. The standard InChI is InChI=1S/C18H19ClN2O3/c19-15-6-2-1-5-12(15)13-8-14(13)18(24)21-16(10-22)17(23)11-4-3-7-20-9-11/h1-7,9,13-14,16-17,22-23H,8,10H2,(H,21,24)/t13-,14+,16-,17-/m0/s1. The first-order valence-electron chi connectivity index (χ1n) is 7.85. The van der Waals surface area contributed by atoms with Gasteiger partial charge in [0.1, 0.15) is 6.10 Å². The van der Waals surface area contributed by atoms with E-state index in [2.05, 4.69) is 10.3 Å². The second-order valence-corrected chi connectivity index (χ2v) is 6.41. The molecular weight excluding hydrogens is 328 g/mol. The Bertz CT molecular complexity index is 710. The Morgan fingerprint density at radius 2 is 2.12 bits per heavy atom. The normalized spacial score (nSPS) is 21.8. The van der Waals surface area contributed by atoms with Crippen molar-refractivity contribution in [1.82, 2.24) is 10.3 Å². The van der Waals surface area contributed by atoms with Crippen LogP contribution in [0.2, 0.25) is 5.02 Å². The van der Waals surface area contributed by atoms with Crippen molar-refractivity contribution in [2.75, 3.05) is 6.61 Å². The quantitative estimate of drug-likeness (QED) is 0.747. The molecule has 0 aliphatic heterocycles. The van der Waals surface area contributed by atoms with Gasteiger partial charge < -0.3 is 15.5 Å². The van der Waals surface area contributed by atoms with Gasteiger partial charge in [0.05, 0.1) is 12.6 Å². The number of hydrogen-bond donors (Lipinski definition) is 3. The Morgan fingerprint density at radius 1 is 1.33 bits per heavy atom. The molecule has 3 rings (SSSR count). The van der Waals surface area contributed by atoms with Crippen LogP contribution in [0.5, 0.6) is 0 Å². The van der Waals surface area contributed by atoms with E-state index in [1.807, 2.05) is 24.3 Å². The lowest BCUT2D eigenvalue weighted by atomic mass is 10.0. The summed E-state index contributed by atoms with van der Waals surface area (Å²) in [5, 5.41) is 23.2. The first kappa shape index (κ1) is 16.9. The van der Waals surface area contributed by atoms with Gasteiger partial charge in [-0.1, -0.05) is 35.9 Å². The molecule has 0 radical (unpaired) electrons. The molecule has 1 amide bonds. The van der Waals surface area contributed by atoms with Crippen molar-refractivity contribution >= 4 is 17.5 Å². The van der Waals surface area contributed by atoms with E-state index in [-0.39, 0.29) is 24.3 Å². The Morgan fingerprint density at radius 3 is 2.79 bits per heavy atom. The molecule has 3 N–H and O–H groups in total. The lowest BCUT2D eigenvalue weighted by molar-refractivity contribution is -0.124. The minimum Gasteiger partial charge on any atom is -0.394 e. The van der Waals surface area contributed by atoms with Gasteiger partial charge in [-0.05, 0) is 30.0 Å². The zero-order valence-electron chi connectivity index (χ0n) is 13.0. The number of pyridine rings is 1. The molecule has 1 aromatic carbocycles. The van der Waals surface area contributed by atoms with Crippen LogP contribution in [0.15, 0.2) is 48.8 Å². The summed E-state index contributed by atoms with van der Waals surface area (Å²) in [4.78, 5) is 16.4. The summed E-state index contributed by atoms with van der Waals surface area (Å²) in [7, 11) is 0. The highest BCUT2D eigenvalue weighted by molar-refractivity contribution is 6.31. The van der Waals surface area contributed by atoms with Gasteiger partial charge in [0.15, 0.2) is 0 Å². The molecular formula is C18H19ClN2O3. The molecule has 126 valence electrons. The number of carbonyl (C=O) groups excluding carboxylic acids is 1. The van der Waals surface area contributed by atoms with E-state index in [0.29, 0.717) is 10.6 Å². The molecule has 1 aliphatic carbocycles. The van der Waals surface area contributed by atoms with E-state index >= 15 is 0 Å². The average Bonchev–Trinajstić information content (AvgIpc) is 3.40. The second kappa shape index (κ2) is 7.30. The molecule has 1 aliphatic rings. The van der Waals surface area contributed by atoms with Crippen LogP contribution in [0.25, 0.3) is 0 Å². The lowest BCUT2D eigenvalue weighted by Crippen LogP contribution is -2.42. The SMILES string of the molecule is O=C(N[C@@H](CO)[C@@H](O)c1cccnc1)[C@@H]1C[C@H]1c1ccccc1Cl. The Hall–Kier alpha value is -1.95. The molecule has 1 saturated carbocycles. The van der Waals surface area contributed by atoms with Crippen LogP contribution in [0, 0.1) is 5.92 Å². The van der Waals surface area contributed by atoms with Gasteiger partial charge >= 0.3 is 0 Å². The van der Waals surface area contributed by atoms with Gasteiger partial charge in [0.25, 0.3) is 0 Å². The summed E-state index contributed by atoms with van der Waals surface area (Å²) < 4.78 is 0. The number of carbonyl (C=O) groups is 1. The summed E-state index contributed by atoms with van der Waals surface area (Å²) in [5.41, 5.74) is 1.52. The summed E-state index contributed by atoms with van der Waals surface area (Å²) in [6.45, 7) is -0.356. The van der Waals surface area contributed by atoms with Crippen LogP contribution in [0.1, 0.15) is 29.6 Å². The van der Waals surface area contributed by atoms with E-state index in [4.69, 9.17) is 11.6 Å². The van der Waals surface area contributed by atoms with Gasteiger partial charge in [-0.15, -0.1) is 0 Å². The van der Waals surface area contributed by atoms with E-state index < -0.39 is 12.1 Å². The van der Waals surface area contributed by atoms with Crippen LogP contribution >= 0.6 is 11.6 Å². The summed E-state index contributed by atoms with van der Waals surface area (Å²) >= 11 is 6.17. The highest BCUT2D eigenvalue weighted by Crippen LogP contribution is 2.49. The first-order chi connectivity index (χ1) is 11.6. The van der Waals surface area contributed by atoms with Gasteiger partial charge in [0.2, 0.25) is 5.91 Å². The molecule has 1 aromatic heterocycles. The van der Waals surface area contributed by atoms with Gasteiger partial charge in [-0.3, -0.25) is 9.78 Å². The molecule has 24 heavy (non-hydrogen) atoms. The number of benzene rings is 1. The number of halogens is 1. The summed E-state index contributed by atoms with van der Waals surface area (Å²) in [6, 6.07) is 10.1. The maximum Gasteiger partial charge on any atom is 0.224 e. The van der Waals surface area contributed by atoms with E-state index in [1.165, 1.54) is 6.20 Å². The molecule has 5 nitrogen and oxygen atoms in total. The van der Waals surface area contributed by atoms with Crippen LogP contribution in [0.3, 0.4) is 0 Å².